The van der Waals surface area contributed by atoms with Crippen LogP contribution in [-0.2, 0) is 14.3 Å². The van der Waals surface area contributed by atoms with Gasteiger partial charge in [-0.05, 0) is 25.5 Å². The fourth-order valence-electron chi connectivity index (χ4n) is 1.88. The van der Waals surface area contributed by atoms with Crippen molar-refractivity contribution in [2.45, 2.75) is 26.3 Å². The summed E-state index contributed by atoms with van der Waals surface area (Å²) in [5.74, 6) is -1.22. The second-order valence-corrected chi connectivity index (χ2v) is 5.36. The molecule has 0 aromatic heterocycles. The summed E-state index contributed by atoms with van der Waals surface area (Å²) in [4.78, 5) is 34.2. The number of esters is 1. The summed E-state index contributed by atoms with van der Waals surface area (Å²) >= 11 is 0. The molecule has 0 fully saturated rings. The van der Waals surface area contributed by atoms with E-state index in [-0.39, 0.29) is 23.0 Å². The molecule has 0 saturated heterocycles. The maximum Gasteiger partial charge on any atom is 0.338 e. The first-order valence-corrected chi connectivity index (χ1v) is 7.86. The summed E-state index contributed by atoms with van der Waals surface area (Å²) in [6.07, 6.45) is 0.753. The van der Waals surface area contributed by atoms with Crippen LogP contribution < -0.4 is 10.6 Å². The molecule has 9 heteroatoms. The third kappa shape index (κ3) is 6.76. The van der Waals surface area contributed by atoms with E-state index in [2.05, 4.69) is 10.6 Å². The minimum atomic E-state index is -0.800. The maximum absolute atomic E-state index is 12.0. The average Bonchev–Trinajstić information content (AvgIpc) is 2.59. The number of ether oxygens (including phenoxy) is 2. The third-order valence-corrected chi connectivity index (χ3v) is 3.41. The molecule has 25 heavy (non-hydrogen) atoms. The molecule has 0 heterocycles. The van der Waals surface area contributed by atoms with Crippen LogP contribution in [0.4, 0.5) is 11.4 Å². The maximum atomic E-state index is 12.0. The van der Waals surface area contributed by atoms with E-state index in [0.717, 1.165) is 12.5 Å². The van der Waals surface area contributed by atoms with Gasteiger partial charge in [-0.3, -0.25) is 14.9 Å². The number of rotatable bonds is 10. The van der Waals surface area contributed by atoms with Crippen molar-refractivity contribution in [2.24, 2.45) is 0 Å². The number of nitro groups is 1. The molecule has 1 rings (SSSR count). The summed E-state index contributed by atoms with van der Waals surface area (Å²) in [5, 5.41) is 16.7. The smallest absolute Gasteiger partial charge is 0.338 e. The lowest BCUT2D eigenvalue weighted by Gasteiger charge is -2.12. The number of hydrogen-bond acceptors (Lipinski definition) is 7. The Morgan fingerprint density at radius 3 is 2.68 bits per heavy atom. The van der Waals surface area contributed by atoms with E-state index in [1.807, 2.05) is 13.8 Å². The molecule has 1 amide bonds. The van der Waals surface area contributed by atoms with Crippen molar-refractivity contribution < 1.29 is 24.0 Å². The molecule has 1 aromatic rings. The molecule has 0 radical (unpaired) electrons. The standard InChI is InChI=1S/C16H23N3O6/c1-4-11(2)18-15(20)10-25-16(21)12-5-6-13(17-7-8-24-3)14(9-12)19(22)23/h5-6,9,11,17H,4,7-8,10H2,1-3H3,(H,18,20)/t11-/m1/s1. The second-order valence-electron chi connectivity index (χ2n) is 5.36. The van der Waals surface area contributed by atoms with Gasteiger partial charge in [-0.1, -0.05) is 6.92 Å². The van der Waals surface area contributed by atoms with Crippen molar-refractivity contribution in [3.05, 3.63) is 33.9 Å². The number of amides is 1. The zero-order chi connectivity index (χ0) is 18.8. The molecule has 0 aliphatic rings. The van der Waals surface area contributed by atoms with Gasteiger partial charge < -0.3 is 20.1 Å². The number of nitrogens with zero attached hydrogens (tertiary/aromatic N) is 1. The first kappa shape index (κ1) is 20.4. The minimum absolute atomic E-state index is 0.000307. The molecule has 0 aliphatic heterocycles. The summed E-state index contributed by atoms with van der Waals surface area (Å²) in [6.45, 7) is 4.07. The Labute approximate surface area is 145 Å². The van der Waals surface area contributed by atoms with E-state index in [1.165, 1.54) is 19.2 Å². The molecule has 1 atom stereocenters. The molecular weight excluding hydrogens is 330 g/mol. The van der Waals surface area contributed by atoms with Crippen LogP contribution in [0.2, 0.25) is 0 Å². The Hall–Kier alpha value is -2.68. The van der Waals surface area contributed by atoms with Gasteiger partial charge in [0.25, 0.3) is 11.6 Å². The van der Waals surface area contributed by atoms with Crippen molar-refractivity contribution in [3.8, 4) is 0 Å². The highest BCUT2D eigenvalue weighted by Crippen LogP contribution is 2.25. The number of nitro benzene ring substituents is 1. The van der Waals surface area contributed by atoms with E-state index >= 15 is 0 Å². The molecule has 0 spiro atoms. The average molecular weight is 353 g/mol. The zero-order valence-electron chi connectivity index (χ0n) is 14.5. The number of carbonyl (C=O) groups is 2. The first-order chi connectivity index (χ1) is 11.9. The van der Waals surface area contributed by atoms with Gasteiger partial charge >= 0.3 is 5.97 Å². The molecule has 0 bridgehead atoms. The molecule has 0 saturated carbocycles. The van der Waals surface area contributed by atoms with Gasteiger partial charge in [0.15, 0.2) is 6.61 Å². The van der Waals surface area contributed by atoms with E-state index < -0.39 is 23.4 Å². The third-order valence-electron chi connectivity index (χ3n) is 3.41. The highest BCUT2D eigenvalue weighted by Gasteiger charge is 2.19. The van der Waals surface area contributed by atoms with Crippen LogP contribution in [-0.4, -0.2) is 49.7 Å². The van der Waals surface area contributed by atoms with Gasteiger partial charge in [-0.15, -0.1) is 0 Å². The summed E-state index contributed by atoms with van der Waals surface area (Å²) in [7, 11) is 1.52. The molecular formula is C16H23N3O6. The molecule has 0 unspecified atom stereocenters. The van der Waals surface area contributed by atoms with Crippen LogP contribution in [0, 0.1) is 10.1 Å². The van der Waals surface area contributed by atoms with Crippen molar-refractivity contribution in [2.75, 3.05) is 32.2 Å². The predicted octanol–water partition coefficient (Wildman–Crippen LogP) is 1.72. The first-order valence-electron chi connectivity index (χ1n) is 7.86. The van der Waals surface area contributed by atoms with Crippen LogP contribution in [0.5, 0.6) is 0 Å². The quantitative estimate of drug-likeness (QED) is 0.284. The van der Waals surface area contributed by atoms with E-state index in [4.69, 9.17) is 9.47 Å². The molecule has 0 aliphatic carbocycles. The lowest BCUT2D eigenvalue weighted by Crippen LogP contribution is -2.35. The van der Waals surface area contributed by atoms with Crippen molar-refractivity contribution in [1.82, 2.24) is 5.32 Å². The normalized spacial score (nSPS) is 11.5. The minimum Gasteiger partial charge on any atom is -0.452 e. The monoisotopic (exact) mass is 353 g/mol. The highest BCUT2D eigenvalue weighted by molar-refractivity contribution is 5.93. The van der Waals surface area contributed by atoms with Crippen LogP contribution in [0.1, 0.15) is 30.6 Å². The molecule has 9 nitrogen and oxygen atoms in total. The summed E-state index contributed by atoms with van der Waals surface area (Å²) in [6, 6.07) is 3.91. The molecule has 138 valence electrons. The van der Waals surface area contributed by atoms with Gasteiger partial charge in [0, 0.05) is 25.8 Å². The van der Waals surface area contributed by atoms with Crippen molar-refractivity contribution in [1.29, 1.82) is 0 Å². The Balaban J connectivity index is 2.74. The largest absolute Gasteiger partial charge is 0.452 e. The number of hydrogen-bond donors (Lipinski definition) is 2. The van der Waals surface area contributed by atoms with Crippen LogP contribution in [0.3, 0.4) is 0 Å². The lowest BCUT2D eigenvalue weighted by molar-refractivity contribution is -0.384. The molecule has 2 N–H and O–H groups in total. The van der Waals surface area contributed by atoms with E-state index in [9.17, 15) is 19.7 Å². The van der Waals surface area contributed by atoms with Crippen molar-refractivity contribution in [3.63, 3.8) is 0 Å². The van der Waals surface area contributed by atoms with Gasteiger partial charge in [-0.25, -0.2) is 4.79 Å². The Morgan fingerprint density at radius 2 is 2.08 bits per heavy atom. The van der Waals surface area contributed by atoms with Crippen LogP contribution >= 0.6 is 0 Å². The lowest BCUT2D eigenvalue weighted by atomic mass is 10.1. The van der Waals surface area contributed by atoms with E-state index in [0.29, 0.717) is 13.2 Å². The Morgan fingerprint density at radius 1 is 1.36 bits per heavy atom. The van der Waals surface area contributed by atoms with Gasteiger partial charge in [0.05, 0.1) is 17.1 Å². The number of anilines is 1. The van der Waals surface area contributed by atoms with Crippen molar-refractivity contribution >= 4 is 23.3 Å². The Bertz CT molecular complexity index is 620. The summed E-state index contributed by atoms with van der Waals surface area (Å²) < 4.78 is 9.77. The van der Waals surface area contributed by atoms with Crippen LogP contribution in [0.15, 0.2) is 18.2 Å². The highest BCUT2D eigenvalue weighted by atomic mass is 16.6. The van der Waals surface area contributed by atoms with E-state index in [1.54, 1.807) is 0 Å². The van der Waals surface area contributed by atoms with Crippen LogP contribution in [0.25, 0.3) is 0 Å². The summed E-state index contributed by atoms with van der Waals surface area (Å²) in [5.41, 5.74) is 0.0167. The second kappa shape index (κ2) is 10.2. The Kier molecular flexibility index (Phi) is 8.34. The number of carbonyl (C=O) groups excluding carboxylic acids is 2. The fraction of sp³-hybridized carbons (Fsp3) is 0.500. The SMILES string of the molecule is CC[C@@H](C)NC(=O)COC(=O)c1ccc(NCCOC)c([N+](=O)[O-])c1. The van der Waals surface area contributed by atoms with Gasteiger partial charge in [-0.2, -0.15) is 0 Å². The number of benzene rings is 1. The topological polar surface area (TPSA) is 120 Å². The fourth-order valence-corrected chi connectivity index (χ4v) is 1.88. The molecule has 1 aromatic carbocycles. The number of methoxy groups -OCH3 is 1. The zero-order valence-corrected chi connectivity index (χ0v) is 14.5. The predicted molar refractivity (Wildman–Crippen MR) is 91.6 cm³/mol. The number of nitrogens with one attached hydrogen (secondary N) is 2. The van der Waals surface area contributed by atoms with Gasteiger partial charge in [0.1, 0.15) is 5.69 Å². The van der Waals surface area contributed by atoms with Gasteiger partial charge in [0.2, 0.25) is 0 Å².